The minimum Gasteiger partial charge on any atom is -0.143 e. The molecule has 54 valence electrons. The van der Waals surface area contributed by atoms with Gasteiger partial charge in [-0.1, -0.05) is 40.8 Å². The molecule has 1 atom stereocenters. The van der Waals surface area contributed by atoms with Crippen LogP contribution in [0.1, 0.15) is 16.4 Å². The maximum Gasteiger partial charge on any atom is 0.0342 e. The summed E-state index contributed by atoms with van der Waals surface area (Å²) < 4.78 is 0.547. The molecule has 0 saturated carbocycles. The lowest BCUT2D eigenvalue weighted by atomic mass is 10.2. The minimum atomic E-state index is 0.547. The standard InChI is InChI=1S/C8H9IS/c1-6(9)7-4-2-3-5-8(7)10/h2-6,10H,1H3. The van der Waals surface area contributed by atoms with Crippen LogP contribution in [0.15, 0.2) is 29.2 Å². The summed E-state index contributed by atoms with van der Waals surface area (Å²) in [4.78, 5) is 1.09. The van der Waals surface area contributed by atoms with Crippen molar-refractivity contribution in [1.82, 2.24) is 0 Å². The summed E-state index contributed by atoms with van der Waals surface area (Å²) in [6, 6.07) is 8.18. The summed E-state index contributed by atoms with van der Waals surface area (Å²) in [5.74, 6) is 0. The van der Waals surface area contributed by atoms with Gasteiger partial charge >= 0.3 is 0 Å². The maximum absolute atomic E-state index is 4.33. The molecular formula is C8H9IS. The Bertz CT molecular complexity index is 220. The van der Waals surface area contributed by atoms with Gasteiger partial charge in [-0.3, -0.25) is 0 Å². The summed E-state index contributed by atoms with van der Waals surface area (Å²) in [6.07, 6.45) is 0. The lowest BCUT2D eigenvalue weighted by Crippen LogP contribution is -1.83. The molecule has 1 unspecified atom stereocenters. The number of thiol groups is 1. The van der Waals surface area contributed by atoms with Gasteiger partial charge in [0.15, 0.2) is 0 Å². The van der Waals surface area contributed by atoms with Crippen molar-refractivity contribution in [2.75, 3.05) is 0 Å². The van der Waals surface area contributed by atoms with Crippen LogP contribution in [0, 0.1) is 0 Å². The second-order valence-electron chi connectivity index (χ2n) is 2.17. The largest absolute Gasteiger partial charge is 0.143 e. The van der Waals surface area contributed by atoms with Crippen LogP contribution in [0.25, 0.3) is 0 Å². The fourth-order valence-corrected chi connectivity index (χ4v) is 1.97. The zero-order valence-corrected chi connectivity index (χ0v) is 8.76. The second-order valence-corrected chi connectivity index (χ2v) is 4.53. The third-order valence-electron chi connectivity index (χ3n) is 1.37. The highest BCUT2D eigenvalue weighted by Crippen LogP contribution is 2.27. The van der Waals surface area contributed by atoms with Crippen LogP contribution in [0.2, 0.25) is 0 Å². The highest BCUT2D eigenvalue weighted by atomic mass is 127. The van der Waals surface area contributed by atoms with Gasteiger partial charge in [-0.2, -0.15) is 0 Å². The average molecular weight is 264 g/mol. The van der Waals surface area contributed by atoms with Crippen LogP contribution in [-0.2, 0) is 0 Å². The van der Waals surface area contributed by atoms with Crippen LogP contribution in [-0.4, -0.2) is 0 Å². The quantitative estimate of drug-likeness (QED) is 0.448. The SMILES string of the molecule is CC(I)c1ccccc1S. The van der Waals surface area contributed by atoms with E-state index < -0.39 is 0 Å². The van der Waals surface area contributed by atoms with Crippen molar-refractivity contribution in [1.29, 1.82) is 0 Å². The van der Waals surface area contributed by atoms with E-state index in [9.17, 15) is 0 Å². The molecule has 0 nitrogen and oxygen atoms in total. The predicted molar refractivity (Wildman–Crippen MR) is 56.1 cm³/mol. The van der Waals surface area contributed by atoms with Crippen molar-refractivity contribution in [3.8, 4) is 0 Å². The molecule has 0 spiro atoms. The Kier molecular flexibility index (Phi) is 3.04. The van der Waals surface area contributed by atoms with Crippen LogP contribution >= 0.6 is 35.2 Å². The van der Waals surface area contributed by atoms with E-state index in [0.717, 1.165) is 4.90 Å². The minimum absolute atomic E-state index is 0.547. The van der Waals surface area contributed by atoms with Gasteiger partial charge in [0, 0.05) is 8.82 Å². The summed E-state index contributed by atoms with van der Waals surface area (Å²) >= 11 is 6.72. The molecule has 1 aromatic carbocycles. The van der Waals surface area contributed by atoms with Gasteiger partial charge in [-0.15, -0.1) is 12.6 Å². The number of alkyl halides is 1. The lowest BCUT2D eigenvalue weighted by molar-refractivity contribution is 1.09. The Morgan fingerprint density at radius 3 is 2.40 bits per heavy atom. The van der Waals surface area contributed by atoms with Gasteiger partial charge < -0.3 is 0 Å². The third-order valence-corrected chi connectivity index (χ3v) is 2.44. The van der Waals surface area contributed by atoms with E-state index in [4.69, 9.17) is 0 Å². The molecule has 0 aliphatic rings. The van der Waals surface area contributed by atoms with Crippen molar-refractivity contribution >= 4 is 35.2 Å². The highest BCUT2D eigenvalue weighted by Gasteiger charge is 2.01. The Labute approximate surface area is 80.6 Å². The molecule has 0 heterocycles. The van der Waals surface area contributed by atoms with Gasteiger partial charge in [-0.05, 0) is 18.6 Å². The zero-order valence-electron chi connectivity index (χ0n) is 5.71. The van der Waals surface area contributed by atoms with Crippen LogP contribution in [0.4, 0.5) is 0 Å². The molecule has 1 aromatic rings. The number of halogens is 1. The van der Waals surface area contributed by atoms with Gasteiger partial charge in [0.1, 0.15) is 0 Å². The van der Waals surface area contributed by atoms with E-state index in [1.54, 1.807) is 0 Å². The molecule has 0 amide bonds. The molecule has 0 bridgehead atoms. The summed E-state index contributed by atoms with van der Waals surface area (Å²) in [7, 11) is 0. The van der Waals surface area contributed by atoms with Gasteiger partial charge in [0.2, 0.25) is 0 Å². The average Bonchev–Trinajstić information content (AvgIpc) is 1.88. The van der Waals surface area contributed by atoms with E-state index in [1.807, 2.05) is 18.2 Å². The number of rotatable bonds is 1. The summed E-state index contributed by atoms with van der Waals surface area (Å²) in [5.41, 5.74) is 1.31. The van der Waals surface area contributed by atoms with Crippen molar-refractivity contribution in [2.45, 2.75) is 15.7 Å². The van der Waals surface area contributed by atoms with Gasteiger partial charge in [0.05, 0.1) is 0 Å². The predicted octanol–water partition coefficient (Wildman–Crippen LogP) is 3.47. The molecule has 10 heavy (non-hydrogen) atoms. The van der Waals surface area contributed by atoms with Crippen LogP contribution in [0.3, 0.4) is 0 Å². The molecule has 0 radical (unpaired) electrons. The molecule has 0 fully saturated rings. The lowest BCUT2D eigenvalue weighted by Gasteiger charge is -2.05. The van der Waals surface area contributed by atoms with E-state index in [0.29, 0.717) is 3.92 Å². The molecule has 0 aliphatic carbocycles. The Morgan fingerprint density at radius 2 is 2.00 bits per heavy atom. The first-order valence-corrected chi connectivity index (χ1v) is 4.83. The Hall–Kier alpha value is 0.300. The zero-order chi connectivity index (χ0) is 7.56. The number of hydrogen-bond donors (Lipinski definition) is 1. The van der Waals surface area contributed by atoms with E-state index in [2.05, 4.69) is 48.2 Å². The highest BCUT2D eigenvalue weighted by molar-refractivity contribution is 14.1. The maximum atomic E-state index is 4.33. The second kappa shape index (κ2) is 3.62. The molecule has 0 aliphatic heterocycles. The molecule has 1 rings (SSSR count). The normalized spacial score (nSPS) is 13.1. The first-order valence-electron chi connectivity index (χ1n) is 3.14. The number of benzene rings is 1. The molecule has 0 saturated heterocycles. The summed E-state index contributed by atoms with van der Waals surface area (Å²) in [6.45, 7) is 2.16. The van der Waals surface area contributed by atoms with Gasteiger partial charge in [-0.25, -0.2) is 0 Å². The third kappa shape index (κ3) is 1.89. The van der Waals surface area contributed by atoms with Crippen molar-refractivity contribution in [2.24, 2.45) is 0 Å². The molecule has 0 N–H and O–H groups in total. The van der Waals surface area contributed by atoms with E-state index >= 15 is 0 Å². The summed E-state index contributed by atoms with van der Waals surface area (Å²) in [5, 5.41) is 0. The fraction of sp³-hybridized carbons (Fsp3) is 0.250. The molecule has 0 aromatic heterocycles. The Morgan fingerprint density at radius 1 is 1.40 bits per heavy atom. The topological polar surface area (TPSA) is 0 Å². The fourth-order valence-electron chi connectivity index (χ4n) is 0.824. The smallest absolute Gasteiger partial charge is 0.0342 e. The molecule has 2 heteroatoms. The van der Waals surface area contributed by atoms with Crippen LogP contribution < -0.4 is 0 Å². The number of hydrogen-bond acceptors (Lipinski definition) is 1. The van der Waals surface area contributed by atoms with Crippen LogP contribution in [0.5, 0.6) is 0 Å². The monoisotopic (exact) mass is 264 g/mol. The van der Waals surface area contributed by atoms with Gasteiger partial charge in [0.25, 0.3) is 0 Å². The van der Waals surface area contributed by atoms with Crippen molar-refractivity contribution in [3.63, 3.8) is 0 Å². The van der Waals surface area contributed by atoms with E-state index in [-0.39, 0.29) is 0 Å². The first kappa shape index (κ1) is 8.40. The Balaban J connectivity index is 3.03. The molecular weight excluding hydrogens is 255 g/mol. The van der Waals surface area contributed by atoms with Crippen molar-refractivity contribution < 1.29 is 0 Å². The van der Waals surface area contributed by atoms with E-state index in [1.165, 1.54) is 5.56 Å². The first-order chi connectivity index (χ1) is 4.72. The van der Waals surface area contributed by atoms with Crippen molar-refractivity contribution in [3.05, 3.63) is 29.8 Å².